The first kappa shape index (κ1) is 15.6. The topological polar surface area (TPSA) is 80.7 Å². The van der Waals surface area contributed by atoms with Crippen molar-refractivity contribution in [1.82, 2.24) is 4.98 Å². The van der Waals surface area contributed by atoms with E-state index in [0.29, 0.717) is 28.3 Å². The van der Waals surface area contributed by atoms with Gasteiger partial charge in [-0.2, -0.15) is 0 Å². The van der Waals surface area contributed by atoms with Crippen LogP contribution in [-0.4, -0.2) is 30.2 Å². The third kappa shape index (κ3) is 3.08. The van der Waals surface area contributed by atoms with E-state index in [1.807, 2.05) is 0 Å². The molecule has 1 heterocycles. The summed E-state index contributed by atoms with van der Waals surface area (Å²) in [6.07, 6.45) is 1.47. The molecule has 2 N–H and O–H groups in total. The lowest BCUT2D eigenvalue weighted by Crippen LogP contribution is -2.12. The quantitative estimate of drug-likeness (QED) is 0.770. The summed E-state index contributed by atoms with van der Waals surface area (Å²) < 4.78 is 10.4. The second-order valence-electron chi connectivity index (χ2n) is 5.12. The molecule has 1 aromatic heterocycles. The summed E-state index contributed by atoms with van der Waals surface area (Å²) in [6.45, 7) is 0. The van der Waals surface area contributed by atoms with Gasteiger partial charge in [-0.05, 0) is 30.3 Å². The number of phenols is 1. The normalized spacial score (nSPS) is 10.4. The third-order valence-corrected chi connectivity index (χ3v) is 3.57. The van der Waals surface area contributed by atoms with Gasteiger partial charge in [0.05, 0.1) is 25.3 Å². The molecule has 0 bridgehead atoms. The van der Waals surface area contributed by atoms with Crippen molar-refractivity contribution >= 4 is 22.5 Å². The molecule has 0 unspecified atom stereocenters. The molecule has 1 amide bonds. The number of nitrogens with one attached hydrogen (secondary N) is 1. The molecular formula is C18H16N2O4. The Hall–Kier alpha value is -3.28. The first-order chi connectivity index (χ1) is 11.6. The average Bonchev–Trinajstić information content (AvgIpc) is 2.61. The number of anilines is 1. The Labute approximate surface area is 138 Å². The summed E-state index contributed by atoms with van der Waals surface area (Å²) in [6, 6.07) is 11.7. The molecule has 0 saturated carbocycles. The molecule has 0 fully saturated rings. The predicted molar refractivity (Wildman–Crippen MR) is 90.9 cm³/mol. The number of rotatable bonds is 4. The minimum atomic E-state index is -0.287. The van der Waals surface area contributed by atoms with Crippen LogP contribution in [0.25, 0.3) is 10.9 Å². The first-order valence-electron chi connectivity index (χ1n) is 7.23. The molecule has 0 atom stereocenters. The number of pyridine rings is 1. The van der Waals surface area contributed by atoms with Crippen LogP contribution in [0, 0.1) is 0 Å². The van der Waals surface area contributed by atoms with Gasteiger partial charge in [0, 0.05) is 29.4 Å². The fourth-order valence-electron chi connectivity index (χ4n) is 2.35. The maximum Gasteiger partial charge on any atom is 0.257 e. The second-order valence-corrected chi connectivity index (χ2v) is 5.12. The van der Waals surface area contributed by atoms with Gasteiger partial charge in [0.25, 0.3) is 5.91 Å². The van der Waals surface area contributed by atoms with Crippen LogP contribution in [0.2, 0.25) is 0 Å². The fourth-order valence-corrected chi connectivity index (χ4v) is 2.35. The highest BCUT2D eigenvalue weighted by molar-refractivity contribution is 6.05. The number of fused-ring (bicyclic) bond motifs is 1. The van der Waals surface area contributed by atoms with Gasteiger partial charge in [-0.25, -0.2) is 0 Å². The minimum Gasteiger partial charge on any atom is -0.508 e. The lowest BCUT2D eigenvalue weighted by molar-refractivity contribution is 0.102. The van der Waals surface area contributed by atoms with Crippen LogP contribution in [0.5, 0.6) is 17.2 Å². The van der Waals surface area contributed by atoms with Gasteiger partial charge >= 0.3 is 0 Å². The molecule has 0 radical (unpaired) electrons. The number of nitrogens with zero attached hydrogens (tertiary/aromatic N) is 1. The van der Waals surface area contributed by atoms with Crippen molar-refractivity contribution in [2.75, 3.05) is 19.5 Å². The first-order valence-corrected chi connectivity index (χ1v) is 7.23. The second kappa shape index (κ2) is 6.45. The molecule has 0 aliphatic heterocycles. The standard InChI is InChI=1S/C18H16N2O4/c1-23-16-6-4-13(8-17(16)24-2)20-18(22)12-7-11-3-5-14(21)9-15(11)19-10-12/h3-10,21H,1-2H3,(H,20,22). The SMILES string of the molecule is COc1ccc(NC(=O)c2cnc3cc(O)ccc3c2)cc1OC. The fraction of sp³-hybridized carbons (Fsp3) is 0.111. The molecule has 2 aromatic carbocycles. The number of phenolic OH excluding ortho intramolecular Hbond substituents is 1. The number of hydrogen-bond acceptors (Lipinski definition) is 5. The number of aromatic nitrogens is 1. The smallest absolute Gasteiger partial charge is 0.257 e. The molecule has 3 aromatic rings. The maximum atomic E-state index is 12.4. The zero-order valence-electron chi connectivity index (χ0n) is 13.2. The van der Waals surface area contributed by atoms with Crippen LogP contribution in [0.1, 0.15) is 10.4 Å². The Bertz CT molecular complexity index is 909. The van der Waals surface area contributed by atoms with Gasteiger partial charge < -0.3 is 19.9 Å². The zero-order chi connectivity index (χ0) is 17.1. The average molecular weight is 324 g/mol. The Kier molecular flexibility index (Phi) is 4.20. The summed E-state index contributed by atoms with van der Waals surface area (Å²) in [5.41, 5.74) is 1.63. The Morgan fingerprint density at radius 2 is 1.83 bits per heavy atom. The number of amides is 1. The third-order valence-electron chi connectivity index (χ3n) is 3.57. The lowest BCUT2D eigenvalue weighted by Gasteiger charge is -2.10. The number of methoxy groups -OCH3 is 2. The van der Waals surface area contributed by atoms with Gasteiger partial charge in [0.2, 0.25) is 0 Å². The van der Waals surface area contributed by atoms with E-state index in [9.17, 15) is 9.90 Å². The van der Waals surface area contributed by atoms with E-state index in [-0.39, 0.29) is 11.7 Å². The number of carbonyl (C=O) groups excluding carboxylic acids is 1. The van der Waals surface area contributed by atoms with Crippen molar-refractivity contribution in [2.24, 2.45) is 0 Å². The molecule has 24 heavy (non-hydrogen) atoms. The molecule has 6 heteroatoms. The summed E-state index contributed by atoms with van der Waals surface area (Å²) >= 11 is 0. The van der Waals surface area contributed by atoms with E-state index in [2.05, 4.69) is 10.3 Å². The number of carbonyl (C=O) groups is 1. The Balaban J connectivity index is 1.85. The number of hydrogen-bond donors (Lipinski definition) is 2. The summed E-state index contributed by atoms with van der Waals surface area (Å²) in [5.74, 6) is 0.965. The summed E-state index contributed by atoms with van der Waals surface area (Å²) in [4.78, 5) is 16.6. The van der Waals surface area contributed by atoms with Crippen LogP contribution < -0.4 is 14.8 Å². The van der Waals surface area contributed by atoms with Gasteiger partial charge in [0.1, 0.15) is 5.75 Å². The van der Waals surface area contributed by atoms with E-state index in [1.165, 1.54) is 13.3 Å². The Morgan fingerprint density at radius 1 is 1.04 bits per heavy atom. The van der Waals surface area contributed by atoms with E-state index in [0.717, 1.165) is 5.39 Å². The molecule has 0 spiro atoms. The summed E-state index contributed by atoms with van der Waals surface area (Å²) in [5, 5.41) is 13.0. The van der Waals surface area contributed by atoms with Crippen LogP contribution in [0.3, 0.4) is 0 Å². The van der Waals surface area contributed by atoms with Crippen LogP contribution in [-0.2, 0) is 0 Å². The molecule has 3 rings (SSSR count). The largest absolute Gasteiger partial charge is 0.508 e. The van der Waals surface area contributed by atoms with Crippen LogP contribution >= 0.6 is 0 Å². The van der Waals surface area contributed by atoms with Crippen LogP contribution in [0.15, 0.2) is 48.7 Å². The molecule has 0 saturated heterocycles. The molecular weight excluding hydrogens is 308 g/mol. The monoisotopic (exact) mass is 324 g/mol. The highest BCUT2D eigenvalue weighted by Gasteiger charge is 2.10. The van der Waals surface area contributed by atoms with Crippen molar-refractivity contribution in [2.45, 2.75) is 0 Å². The van der Waals surface area contributed by atoms with Gasteiger partial charge in [0.15, 0.2) is 11.5 Å². The van der Waals surface area contributed by atoms with Crippen molar-refractivity contribution < 1.29 is 19.4 Å². The van der Waals surface area contributed by atoms with Crippen molar-refractivity contribution in [1.29, 1.82) is 0 Å². The molecule has 6 nitrogen and oxygen atoms in total. The zero-order valence-corrected chi connectivity index (χ0v) is 13.2. The number of aromatic hydroxyl groups is 1. The predicted octanol–water partition coefficient (Wildman–Crippen LogP) is 3.21. The van der Waals surface area contributed by atoms with Gasteiger partial charge in [-0.15, -0.1) is 0 Å². The van der Waals surface area contributed by atoms with E-state index < -0.39 is 0 Å². The molecule has 0 aliphatic carbocycles. The minimum absolute atomic E-state index is 0.137. The molecule has 0 aliphatic rings. The Morgan fingerprint density at radius 3 is 2.58 bits per heavy atom. The van der Waals surface area contributed by atoms with Crippen molar-refractivity contribution in [3.63, 3.8) is 0 Å². The van der Waals surface area contributed by atoms with E-state index in [4.69, 9.17) is 9.47 Å². The van der Waals surface area contributed by atoms with Crippen LogP contribution in [0.4, 0.5) is 5.69 Å². The summed E-state index contributed by atoms with van der Waals surface area (Å²) in [7, 11) is 3.08. The number of benzene rings is 2. The highest BCUT2D eigenvalue weighted by Crippen LogP contribution is 2.30. The van der Waals surface area contributed by atoms with Gasteiger partial charge in [-0.3, -0.25) is 9.78 Å². The number of ether oxygens (including phenoxy) is 2. The highest BCUT2D eigenvalue weighted by atomic mass is 16.5. The van der Waals surface area contributed by atoms with E-state index in [1.54, 1.807) is 49.6 Å². The van der Waals surface area contributed by atoms with Crippen molar-refractivity contribution in [3.8, 4) is 17.2 Å². The maximum absolute atomic E-state index is 12.4. The van der Waals surface area contributed by atoms with Crippen molar-refractivity contribution in [3.05, 3.63) is 54.2 Å². The van der Waals surface area contributed by atoms with Gasteiger partial charge in [-0.1, -0.05) is 0 Å². The van der Waals surface area contributed by atoms with E-state index >= 15 is 0 Å². The molecule has 122 valence electrons. The lowest BCUT2D eigenvalue weighted by atomic mass is 10.1.